The number of halogens is 3. The molecule has 2 atom stereocenters. The molecule has 31 heavy (non-hydrogen) atoms. The van der Waals surface area contributed by atoms with Crippen LogP contribution in [0, 0.1) is 0 Å². The predicted octanol–water partition coefficient (Wildman–Crippen LogP) is 2.76. The zero-order valence-corrected chi connectivity index (χ0v) is 17.0. The van der Waals surface area contributed by atoms with Crippen LogP contribution < -0.4 is 9.64 Å². The topological polar surface area (TPSA) is 91.1 Å². The Morgan fingerprint density at radius 2 is 1.77 bits per heavy atom. The van der Waals surface area contributed by atoms with Crippen LogP contribution >= 0.6 is 0 Å². The summed E-state index contributed by atoms with van der Waals surface area (Å²) in [6, 6.07) is 6.26. The van der Waals surface area contributed by atoms with Gasteiger partial charge in [-0.15, -0.1) is 5.10 Å². The fourth-order valence-corrected chi connectivity index (χ4v) is 3.53. The Kier molecular flexibility index (Phi) is 5.48. The fourth-order valence-electron chi connectivity index (χ4n) is 3.53. The standard InChI is InChI=1S/C19H20F3N7O2/c1-11-9-31-10-12(2)28(11)18-23-8-15(16(24-18)19(20,21)22)17-25-26-27-29(17)13-4-6-14(30-3)7-5-13/h4-8,11-12H,9-10H2,1-3H3/t11-,12+. The molecular formula is C19H20F3N7O2. The molecule has 0 unspecified atom stereocenters. The molecule has 1 saturated heterocycles. The highest BCUT2D eigenvalue weighted by Gasteiger charge is 2.39. The van der Waals surface area contributed by atoms with E-state index in [-0.39, 0.29) is 29.4 Å². The van der Waals surface area contributed by atoms with E-state index < -0.39 is 11.9 Å². The molecule has 0 aliphatic carbocycles. The second kappa shape index (κ2) is 8.10. The molecule has 0 spiro atoms. The number of benzene rings is 1. The quantitative estimate of drug-likeness (QED) is 0.618. The number of rotatable bonds is 4. The first kappa shape index (κ1) is 21.0. The molecule has 0 amide bonds. The van der Waals surface area contributed by atoms with E-state index >= 15 is 0 Å². The molecule has 1 aromatic carbocycles. The SMILES string of the molecule is COc1ccc(-n2nnnc2-c2cnc(N3[C@H](C)COC[C@@H]3C)nc2C(F)(F)F)cc1. The van der Waals surface area contributed by atoms with E-state index in [2.05, 4.69) is 25.5 Å². The number of alkyl halides is 3. The fraction of sp³-hybridized carbons (Fsp3) is 0.421. The molecule has 0 saturated carbocycles. The van der Waals surface area contributed by atoms with Crippen LogP contribution in [0.5, 0.6) is 5.75 Å². The van der Waals surface area contributed by atoms with Crippen molar-refractivity contribution in [3.05, 3.63) is 36.2 Å². The Morgan fingerprint density at radius 3 is 2.39 bits per heavy atom. The molecule has 4 rings (SSSR count). The van der Waals surface area contributed by atoms with Crippen LogP contribution in [-0.2, 0) is 10.9 Å². The number of hydrogen-bond donors (Lipinski definition) is 0. The maximum absolute atomic E-state index is 14.0. The summed E-state index contributed by atoms with van der Waals surface area (Å²) in [5.74, 6) is 0.464. The zero-order chi connectivity index (χ0) is 22.2. The van der Waals surface area contributed by atoms with Gasteiger partial charge in [-0.25, -0.2) is 9.97 Å². The van der Waals surface area contributed by atoms with E-state index in [0.29, 0.717) is 24.7 Å². The summed E-state index contributed by atoms with van der Waals surface area (Å²) in [6.07, 6.45) is -3.62. The average Bonchev–Trinajstić information content (AvgIpc) is 3.23. The zero-order valence-electron chi connectivity index (χ0n) is 17.0. The van der Waals surface area contributed by atoms with Gasteiger partial charge in [0.15, 0.2) is 11.5 Å². The number of nitrogens with zero attached hydrogens (tertiary/aromatic N) is 7. The summed E-state index contributed by atoms with van der Waals surface area (Å²) >= 11 is 0. The van der Waals surface area contributed by atoms with Gasteiger partial charge in [0.05, 0.1) is 43.7 Å². The number of anilines is 1. The van der Waals surface area contributed by atoms with Gasteiger partial charge < -0.3 is 14.4 Å². The Morgan fingerprint density at radius 1 is 1.10 bits per heavy atom. The van der Waals surface area contributed by atoms with Crippen molar-refractivity contribution in [2.45, 2.75) is 32.1 Å². The first-order valence-electron chi connectivity index (χ1n) is 9.53. The normalized spacial score (nSPS) is 19.5. The monoisotopic (exact) mass is 435 g/mol. The smallest absolute Gasteiger partial charge is 0.434 e. The number of aromatic nitrogens is 6. The molecule has 3 aromatic rings. The maximum Gasteiger partial charge on any atom is 0.434 e. The summed E-state index contributed by atoms with van der Waals surface area (Å²) in [6.45, 7) is 4.47. The summed E-state index contributed by atoms with van der Waals surface area (Å²) in [7, 11) is 1.52. The van der Waals surface area contributed by atoms with Gasteiger partial charge >= 0.3 is 6.18 Å². The van der Waals surface area contributed by atoms with Crippen LogP contribution in [0.15, 0.2) is 30.5 Å². The van der Waals surface area contributed by atoms with Crippen LogP contribution in [0.4, 0.5) is 19.1 Å². The molecule has 1 fully saturated rings. The first-order chi connectivity index (χ1) is 14.8. The second-order valence-electron chi connectivity index (χ2n) is 7.19. The molecule has 164 valence electrons. The lowest BCUT2D eigenvalue weighted by atomic mass is 10.1. The molecule has 2 aromatic heterocycles. The minimum absolute atomic E-state index is 0.0113. The highest BCUT2D eigenvalue weighted by Crippen LogP contribution is 2.36. The summed E-state index contributed by atoms with van der Waals surface area (Å²) in [5, 5.41) is 11.2. The van der Waals surface area contributed by atoms with Gasteiger partial charge in [0.2, 0.25) is 5.95 Å². The molecule has 0 radical (unpaired) electrons. The molecule has 12 heteroatoms. The largest absolute Gasteiger partial charge is 0.497 e. The first-order valence-corrected chi connectivity index (χ1v) is 9.53. The van der Waals surface area contributed by atoms with Gasteiger partial charge in [-0.05, 0) is 48.5 Å². The van der Waals surface area contributed by atoms with Crippen molar-refractivity contribution in [3.63, 3.8) is 0 Å². The Labute approximate surface area is 175 Å². The van der Waals surface area contributed by atoms with Crippen molar-refractivity contribution in [1.29, 1.82) is 0 Å². The summed E-state index contributed by atoms with van der Waals surface area (Å²) in [5.41, 5.74) is -0.952. The van der Waals surface area contributed by atoms with Crippen LogP contribution in [-0.4, -0.2) is 62.6 Å². The predicted molar refractivity (Wildman–Crippen MR) is 104 cm³/mol. The molecular weight excluding hydrogens is 415 g/mol. The highest BCUT2D eigenvalue weighted by molar-refractivity contribution is 5.61. The third-order valence-electron chi connectivity index (χ3n) is 4.97. The third kappa shape index (κ3) is 4.02. The minimum atomic E-state index is -4.73. The molecule has 1 aliphatic heterocycles. The minimum Gasteiger partial charge on any atom is -0.497 e. The summed E-state index contributed by atoms with van der Waals surface area (Å²) in [4.78, 5) is 9.85. The van der Waals surface area contributed by atoms with E-state index in [1.165, 1.54) is 11.8 Å². The van der Waals surface area contributed by atoms with Crippen molar-refractivity contribution in [1.82, 2.24) is 30.2 Å². The van der Waals surface area contributed by atoms with Crippen LogP contribution in [0.1, 0.15) is 19.5 Å². The maximum atomic E-state index is 14.0. The number of hydrogen-bond acceptors (Lipinski definition) is 8. The van der Waals surface area contributed by atoms with Crippen LogP contribution in [0.2, 0.25) is 0 Å². The van der Waals surface area contributed by atoms with Gasteiger partial charge in [-0.2, -0.15) is 17.9 Å². The number of tetrazole rings is 1. The lowest BCUT2D eigenvalue weighted by molar-refractivity contribution is -0.140. The van der Waals surface area contributed by atoms with Gasteiger partial charge in [0.25, 0.3) is 0 Å². The van der Waals surface area contributed by atoms with Gasteiger partial charge in [0, 0.05) is 6.20 Å². The average molecular weight is 435 g/mol. The molecule has 3 heterocycles. The van der Waals surface area contributed by atoms with E-state index in [4.69, 9.17) is 9.47 Å². The van der Waals surface area contributed by atoms with Crippen LogP contribution in [0.3, 0.4) is 0 Å². The number of methoxy groups -OCH3 is 1. The van der Waals surface area contributed by atoms with E-state index in [9.17, 15) is 13.2 Å². The van der Waals surface area contributed by atoms with Crippen molar-refractivity contribution in [2.24, 2.45) is 0 Å². The van der Waals surface area contributed by atoms with E-state index in [1.54, 1.807) is 29.2 Å². The van der Waals surface area contributed by atoms with Crippen molar-refractivity contribution in [3.8, 4) is 22.8 Å². The van der Waals surface area contributed by atoms with Gasteiger partial charge in [-0.3, -0.25) is 0 Å². The lowest BCUT2D eigenvalue weighted by Gasteiger charge is -2.38. The molecule has 0 bridgehead atoms. The molecule has 0 N–H and O–H groups in total. The molecule has 1 aliphatic rings. The number of morpholine rings is 1. The second-order valence-corrected chi connectivity index (χ2v) is 7.19. The van der Waals surface area contributed by atoms with E-state index in [1.807, 2.05) is 13.8 Å². The van der Waals surface area contributed by atoms with Gasteiger partial charge in [0.1, 0.15) is 5.75 Å². The Bertz CT molecular complexity index is 1050. The van der Waals surface area contributed by atoms with E-state index in [0.717, 1.165) is 6.20 Å². The summed E-state index contributed by atoms with van der Waals surface area (Å²) < 4.78 is 53.7. The molecule has 9 nitrogen and oxygen atoms in total. The third-order valence-corrected chi connectivity index (χ3v) is 4.97. The lowest BCUT2D eigenvalue weighted by Crippen LogP contribution is -2.50. The Hall–Kier alpha value is -3.28. The van der Waals surface area contributed by atoms with Crippen LogP contribution in [0.25, 0.3) is 17.1 Å². The van der Waals surface area contributed by atoms with Gasteiger partial charge in [-0.1, -0.05) is 0 Å². The Balaban J connectivity index is 1.80. The van der Waals surface area contributed by atoms with Crippen molar-refractivity contribution < 1.29 is 22.6 Å². The highest BCUT2D eigenvalue weighted by atomic mass is 19.4. The van der Waals surface area contributed by atoms with Crippen molar-refractivity contribution in [2.75, 3.05) is 25.2 Å². The number of ether oxygens (including phenoxy) is 2. The van der Waals surface area contributed by atoms with Crippen molar-refractivity contribution >= 4 is 5.95 Å².